The first-order valence-electron chi connectivity index (χ1n) is 7.20. The van der Waals surface area contributed by atoms with Gasteiger partial charge in [0.25, 0.3) is 0 Å². The fraction of sp³-hybridized carbons (Fsp3) is 0.333. The van der Waals surface area contributed by atoms with Crippen LogP contribution in [0, 0.1) is 10.1 Å². The van der Waals surface area contributed by atoms with E-state index >= 15 is 0 Å². The minimum absolute atomic E-state index is 0.124. The van der Waals surface area contributed by atoms with Gasteiger partial charge in [0.05, 0.1) is 4.92 Å². The molecule has 1 heterocycles. The number of nitrogens with zero attached hydrogens (tertiary/aromatic N) is 5. The maximum Gasteiger partial charge on any atom is 0.329 e. The summed E-state index contributed by atoms with van der Waals surface area (Å²) in [6.07, 6.45) is 1.15. The molecule has 0 aliphatic carbocycles. The summed E-state index contributed by atoms with van der Waals surface area (Å²) in [5, 5.41) is 10.8. The molecule has 23 heavy (non-hydrogen) atoms. The summed E-state index contributed by atoms with van der Waals surface area (Å²) in [6.45, 7) is 3.23. The van der Waals surface area contributed by atoms with Crippen LogP contribution in [0.1, 0.15) is 12.5 Å². The van der Waals surface area contributed by atoms with Crippen LogP contribution in [0.15, 0.2) is 30.5 Å². The van der Waals surface area contributed by atoms with Gasteiger partial charge in [0.15, 0.2) is 0 Å². The molecule has 0 amide bonds. The highest BCUT2D eigenvalue weighted by Crippen LogP contribution is 2.21. The highest BCUT2D eigenvalue weighted by molar-refractivity contribution is 5.54. The van der Waals surface area contributed by atoms with Crippen molar-refractivity contribution in [3.8, 4) is 0 Å². The van der Waals surface area contributed by atoms with Crippen LogP contribution >= 0.6 is 0 Å². The number of hydrogen-bond donors (Lipinski definition) is 1. The minimum atomic E-state index is -0.588. The SMILES string of the molecule is CCN(Cc1ccc(N(C)C)cc1)c1ncc([N+](=O)[O-])c(N)n1. The van der Waals surface area contributed by atoms with Crippen LogP contribution < -0.4 is 15.5 Å². The molecule has 8 nitrogen and oxygen atoms in total. The van der Waals surface area contributed by atoms with Crippen LogP contribution in [0.3, 0.4) is 0 Å². The van der Waals surface area contributed by atoms with Crippen molar-refractivity contribution >= 4 is 23.1 Å². The van der Waals surface area contributed by atoms with E-state index in [0.29, 0.717) is 19.0 Å². The number of nitrogen functional groups attached to an aromatic ring is 1. The minimum Gasteiger partial charge on any atom is -0.378 e. The van der Waals surface area contributed by atoms with Gasteiger partial charge < -0.3 is 15.5 Å². The molecular formula is C15H20N6O2. The molecule has 1 aromatic heterocycles. The van der Waals surface area contributed by atoms with Gasteiger partial charge in [-0.3, -0.25) is 10.1 Å². The van der Waals surface area contributed by atoms with Crippen molar-refractivity contribution in [3.63, 3.8) is 0 Å². The molecule has 0 aliphatic rings. The number of benzene rings is 1. The standard InChI is InChI=1S/C15H20N6O2/c1-4-20(10-11-5-7-12(8-6-11)19(2)3)15-17-9-13(21(22)23)14(16)18-15/h5-9H,4,10H2,1-3H3,(H2,16,17,18). The smallest absolute Gasteiger partial charge is 0.329 e. The Morgan fingerprint density at radius 1 is 1.26 bits per heavy atom. The topological polar surface area (TPSA) is 101 Å². The quantitative estimate of drug-likeness (QED) is 0.643. The molecular weight excluding hydrogens is 296 g/mol. The summed E-state index contributed by atoms with van der Waals surface area (Å²) in [6, 6.07) is 8.14. The largest absolute Gasteiger partial charge is 0.378 e. The number of hydrogen-bond acceptors (Lipinski definition) is 7. The van der Waals surface area contributed by atoms with Crippen LogP contribution in [0.4, 0.5) is 23.1 Å². The second-order valence-corrected chi connectivity index (χ2v) is 5.27. The van der Waals surface area contributed by atoms with E-state index in [2.05, 4.69) is 9.97 Å². The summed E-state index contributed by atoms with van der Waals surface area (Å²) in [4.78, 5) is 22.2. The lowest BCUT2D eigenvalue weighted by Crippen LogP contribution is -2.24. The lowest BCUT2D eigenvalue weighted by molar-refractivity contribution is -0.384. The first-order valence-corrected chi connectivity index (χ1v) is 7.20. The number of aromatic nitrogens is 2. The Labute approximate surface area is 134 Å². The van der Waals surface area contributed by atoms with Crippen LogP contribution in [0.25, 0.3) is 0 Å². The van der Waals surface area contributed by atoms with Crippen molar-refractivity contribution in [2.45, 2.75) is 13.5 Å². The molecule has 2 rings (SSSR count). The molecule has 0 spiro atoms. The van der Waals surface area contributed by atoms with E-state index < -0.39 is 4.92 Å². The van der Waals surface area contributed by atoms with E-state index in [1.807, 2.05) is 55.1 Å². The molecule has 0 saturated carbocycles. The average molecular weight is 316 g/mol. The summed E-state index contributed by atoms with van der Waals surface area (Å²) in [5.74, 6) is 0.258. The van der Waals surface area contributed by atoms with Crippen molar-refractivity contribution in [2.24, 2.45) is 0 Å². The lowest BCUT2D eigenvalue weighted by Gasteiger charge is -2.21. The Kier molecular flexibility index (Phi) is 4.95. The molecule has 0 unspecified atom stereocenters. The van der Waals surface area contributed by atoms with E-state index in [9.17, 15) is 10.1 Å². The lowest BCUT2D eigenvalue weighted by atomic mass is 10.2. The second-order valence-electron chi connectivity index (χ2n) is 5.27. The fourth-order valence-corrected chi connectivity index (χ4v) is 2.12. The Bertz CT molecular complexity index is 687. The highest BCUT2D eigenvalue weighted by atomic mass is 16.6. The van der Waals surface area contributed by atoms with E-state index in [-0.39, 0.29) is 11.5 Å². The molecule has 0 bridgehead atoms. The summed E-state index contributed by atoms with van der Waals surface area (Å²) >= 11 is 0. The molecule has 8 heteroatoms. The predicted molar refractivity (Wildman–Crippen MR) is 90.6 cm³/mol. The Hall–Kier alpha value is -2.90. The maximum absolute atomic E-state index is 10.8. The van der Waals surface area contributed by atoms with Crippen molar-refractivity contribution < 1.29 is 4.92 Å². The molecule has 1 aromatic carbocycles. The van der Waals surface area contributed by atoms with Gasteiger partial charge in [-0.05, 0) is 24.6 Å². The first kappa shape index (κ1) is 16.5. The van der Waals surface area contributed by atoms with E-state index in [1.54, 1.807) is 0 Å². The highest BCUT2D eigenvalue weighted by Gasteiger charge is 2.17. The molecule has 0 aliphatic heterocycles. The van der Waals surface area contributed by atoms with Crippen molar-refractivity contribution in [1.29, 1.82) is 0 Å². The van der Waals surface area contributed by atoms with Gasteiger partial charge >= 0.3 is 5.69 Å². The van der Waals surface area contributed by atoms with Crippen LogP contribution in [0.2, 0.25) is 0 Å². The third kappa shape index (κ3) is 3.85. The van der Waals surface area contributed by atoms with E-state index in [1.165, 1.54) is 0 Å². The van der Waals surface area contributed by atoms with Gasteiger partial charge in [0.2, 0.25) is 11.8 Å². The zero-order valence-electron chi connectivity index (χ0n) is 13.4. The average Bonchev–Trinajstić information content (AvgIpc) is 2.52. The molecule has 122 valence electrons. The van der Waals surface area contributed by atoms with Gasteiger partial charge in [-0.1, -0.05) is 12.1 Å². The van der Waals surface area contributed by atoms with E-state index in [0.717, 1.165) is 17.4 Å². The van der Waals surface area contributed by atoms with Gasteiger partial charge in [-0.15, -0.1) is 0 Å². The summed E-state index contributed by atoms with van der Waals surface area (Å²) in [7, 11) is 3.97. The predicted octanol–water partition coefficient (Wildman–Crippen LogP) is 2.06. The van der Waals surface area contributed by atoms with Crippen LogP contribution in [0.5, 0.6) is 0 Å². The zero-order valence-corrected chi connectivity index (χ0v) is 13.4. The normalized spacial score (nSPS) is 10.4. The third-order valence-electron chi connectivity index (χ3n) is 3.47. The van der Waals surface area contributed by atoms with Crippen LogP contribution in [-0.4, -0.2) is 35.5 Å². The fourth-order valence-electron chi connectivity index (χ4n) is 2.12. The maximum atomic E-state index is 10.8. The number of nitrogens with two attached hydrogens (primary N) is 1. The molecule has 0 atom stereocenters. The number of anilines is 3. The molecule has 2 N–H and O–H groups in total. The molecule has 0 saturated heterocycles. The van der Waals surface area contributed by atoms with Crippen molar-refractivity contribution in [1.82, 2.24) is 9.97 Å². The van der Waals surface area contributed by atoms with Gasteiger partial charge in [0.1, 0.15) is 6.20 Å². The van der Waals surface area contributed by atoms with Gasteiger partial charge in [0, 0.05) is 32.9 Å². The third-order valence-corrected chi connectivity index (χ3v) is 3.47. The molecule has 0 fully saturated rings. The van der Waals surface area contributed by atoms with Crippen molar-refractivity contribution in [3.05, 3.63) is 46.1 Å². The number of rotatable bonds is 6. The van der Waals surface area contributed by atoms with Gasteiger partial charge in [-0.25, -0.2) is 4.98 Å². The zero-order chi connectivity index (χ0) is 17.0. The van der Waals surface area contributed by atoms with E-state index in [4.69, 9.17) is 5.73 Å². The monoisotopic (exact) mass is 316 g/mol. The Morgan fingerprint density at radius 2 is 1.91 bits per heavy atom. The molecule has 2 aromatic rings. The first-order chi connectivity index (χ1) is 10.9. The van der Waals surface area contributed by atoms with Crippen molar-refractivity contribution in [2.75, 3.05) is 36.2 Å². The Balaban J connectivity index is 2.19. The molecule has 0 radical (unpaired) electrons. The number of nitro groups is 1. The second kappa shape index (κ2) is 6.91. The summed E-state index contributed by atoms with van der Waals surface area (Å²) < 4.78 is 0. The summed E-state index contributed by atoms with van der Waals surface area (Å²) in [5.41, 5.74) is 7.57. The Morgan fingerprint density at radius 3 is 2.39 bits per heavy atom. The van der Waals surface area contributed by atoms with Crippen LogP contribution in [-0.2, 0) is 6.54 Å². The van der Waals surface area contributed by atoms with Gasteiger partial charge in [-0.2, -0.15) is 4.98 Å².